The molecule has 5 rings (SSSR count). The SMILES string of the molecule is CC1CN(c2ccncc2NC(=O)c2nc3cc(C4CCOCC4)ccc3cc2N)CC(N)C1NC(=O)O. The summed E-state index contributed by atoms with van der Waals surface area (Å²) in [5.41, 5.74) is 16.2. The van der Waals surface area contributed by atoms with Gasteiger partial charge in [-0.3, -0.25) is 9.78 Å². The average molecular weight is 520 g/mol. The molecule has 1 aromatic carbocycles. The maximum Gasteiger partial charge on any atom is 0.404 e. The summed E-state index contributed by atoms with van der Waals surface area (Å²) in [5.74, 6) is -0.0736. The number of hydrogen-bond donors (Lipinski definition) is 5. The topological polar surface area (TPSA) is 169 Å². The van der Waals surface area contributed by atoms with Gasteiger partial charge in [0.1, 0.15) is 0 Å². The zero-order chi connectivity index (χ0) is 26.8. The number of fused-ring (bicyclic) bond motifs is 1. The van der Waals surface area contributed by atoms with Gasteiger partial charge < -0.3 is 36.8 Å². The number of piperidine rings is 1. The fourth-order valence-electron chi connectivity index (χ4n) is 5.52. The molecule has 2 aliphatic heterocycles. The molecule has 7 N–H and O–H groups in total. The van der Waals surface area contributed by atoms with Crippen molar-refractivity contribution < 1.29 is 19.4 Å². The smallest absolute Gasteiger partial charge is 0.404 e. The molecular weight excluding hydrogens is 486 g/mol. The van der Waals surface area contributed by atoms with Crippen LogP contribution in [0.15, 0.2) is 42.7 Å². The van der Waals surface area contributed by atoms with Crippen LogP contribution in [0, 0.1) is 5.92 Å². The number of nitrogens with one attached hydrogen (secondary N) is 2. The van der Waals surface area contributed by atoms with Gasteiger partial charge in [-0.2, -0.15) is 0 Å². The van der Waals surface area contributed by atoms with Gasteiger partial charge in [-0.15, -0.1) is 0 Å². The molecule has 0 radical (unpaired) electrons. The second kappa shape index (κ2) is 10.8. The van der Waals surface area contributed by atoms with Crippen LogP contribution in [0.1, 0.15) is 41.7 Å². The maximum absolute atomic E-state index is 13.4. The minimum absolute atomic E-state index is 0.0470. The van der Waals surface area contributed by atoms with E-state index in [2.05, 4.69) is 26.7 Å². The first kappa shape index (κ1) is 25.7. The number of nitrogens with two attached hydrogens (primary N) is 2. The molecule has 2 amide bonds. The van der Waals surface area contributed by atoms with Gasteiger partial charge >= 0.3 is 6.09 Å². The molecule has 0 bridgehead atoms. The van der Waals surface area contributed by atoms with Gasteiger partial charge in [-0.25, -0.2) is 9.78 Å². The van der Waals surface area contributed by atoms with Crippen LogP contribution in [0.25, 0.3) is 10.9 Å². The number of pyridine rings is 2. The molecule has 0 saturated carbocycles. The summed E-state index contributed by atoms with van der Waals surface area (Å²) in [6, 6.07) is 8.92. The van der Waals surface area contributed by atoms with Crippen molar-refractivity contribution in [1.29, 1.82) is 0 Å². The summed E-state index contributed by atoms with van der Waals surface area (Å²) in [6.07, 6.45) is 4.05. The van der Waals surface area contributed by atoms with Crippen LogP contribution >= 0.6 is 0 Å². The number of hydrogen-bond acceptors (Lipinski definition) is 8. The molecule has 0 spiro atoms. The maximum atomic E-state index is 13.4. The van der Waals surface area contributed by atoms with E-state index in [4.69, 9.17) is 21.3 Å². The van der Waals surface area contributed by atoms with Crippen LogP contribution in [0.2, 0.25) is 0 Å². The zero-order valence-corrected chi connectivity index (χ0v) is 21.3. The Bertz CT molecular complexity index is 1330. The molecule has 2 saturated heterocycles. The van der Waals surface area contributed by atoms with Crippen molar-refractivity contribution >= 4 is 40.0 Å². The fourth-order valence-corrected chi connectivity index (χ4v) is 5.52. The van der Waals surface area contributed by atoms with Crippen molar-refractivity contribution in [3.63, 3.8) is 0 Å². The summed E-state index contributed by atoms with van der Waals surface area (Å²) >= 11 is 0. The van der Waals surface area contributed by atoms with Crippen LogP contribution in [0.4, 0.5) is 21.9 Å². The molecule has 3 unspecified atom stereocenters. The Labute approximate surface area is 220 Å². The van der Waals surface area contributed by atoms with E-state index in [0.717, 1.165) is 37.1 Å². The zero-order valence-electron chi connectivity index (χ0n) is 21.3. The van der Waals surface area contributed by atoms with Gasteiger partial charge in [0.2, 0.25) is 0 Å². The summed E-state index contributed by atoms with van der Waals surface area (Å²) in [5, 5.41) is 15.5. The Balaban J connectivity index is 1.38. The second-order valence-electron chi connectivity index (χ2n) is 10.1. The van der Waals surface area contributed by atoms with Crippen molar-refractivity contribution in [3.05, 3.63) is 54.0 Å². The molecule has 3 aromatic rings. The summed E-state index contributed by atoms with van der Waals surface area (Å²) in [4.78, 5) is 35.4. The standard InChI is InChI=1S/C27H33N7O4/c1-15-13-34(14-20(29)24(15)33-27(36)37)23-4-7-30-12-22(23)32-26(35)25-19(28)10-18-3-2-17(11-21(18)31-25)16-5-8-38-9-6-16/h2-4,7,10-12,15-16,20,24,33H,5-6,8-9,13-14,28-29H2,1H3,(H,32,35)(H,36,37). The van der Waals surface area contributed by atoms with Crippen LogP contribution in [-0.2, 0) is 4.74 Å². The first-order valence-corrected chi connectivity index (χ1v) is 12.8. The minimum atomic E-state index is -1.09. The average Bonchev–Trinajstić information content (AvgIpc) is 2.90. The van der Waals surface area contributed by atoms with E-state index < -0.39 is 18.0 Å². The van der Waals surface area contributed by atoms with Gasteiger partial charge in [0, 0.05) is 43.9 Å². The van der Waals surface area contributed by atoms with Crippen LogP contribution in [0.3, 0.4) is 0 Å². The van der Waals surface area contributed by atoms with E-state index in [9.17, 15) is 9.59 Å². The number of nitrogen functional groups attached to an aromatic ring is 1. The number of nitrogens with zero attached hydrogens (tertiary/aromatic N) is 3. The highest BCUT2D eigenvalue weighted by Gasteiger charge is 2.34. The number of carboxylic acid groups (broad SMARTS) is 1. The van der Waals surface area contributed by atoms with E-state index in [-0.39, 0.29) is 23.3 Å². The summed E-state index contributed by atoms with van der Waals surface area (Å²) < 4.78 is 5.49. The molecule has 4 heterocycles. The Morgan fingerprint density at radius 3 is 2.68 bits per heavy atom. The fraction of sp³-hybridized carbons (Fsp3) is 0.407. The highest BCUT2D eigenvalue weighted by molar-refractivity contribution is 6.09. The Hall–Kier alpha value is -3.96. The lowest BCUT2D eigenvalue weighted by atomic mass is 9.90. The van der Waals surface area contributed by atoms with Crippen molar-refractivity contribution in [2.24, 2.45) is 11.7 Å². The third-order valence-electron chi connectivity index (χ3n) is 7.47. The molecule has 2 aromatic heterocycles. The first-order chi connectivity index (χ1) is 18.3. The lowest BCUT2D eigenvalue weighted by Gasteiger charge is -2.42. The summed E-state index contributed by atoms with van der Waals surface area (Å²) in [6.45, 7) is 4.40. The number of carbonyl (C=O) groups is 2. The molecule has 11 heteroatoms. The van der Waals surface area contributed by atoms with Crippen LogP contribution in [-0.4, -0.2) is 65.5 Å². The first-order valence-electron chi connectivity index (χ1n) is 12.8. The van der Waals surface area contributed by atoms with Gasteiger partial charge in [0.05, 0.1) is 34.8 Å². The number of benzene rings is 1. The summed E-state index contributed by atoms with van der Waals surface area (Å²) in [7, 11) is 0. The van der Waals surface area contributed by atoms with Crippen molar-refractivity contribution in [3.8, 4) is 0 Å². The predicted octanol–water partition coefficient (Wildman–Crippen LogP) is 2.78. The van der Waals surface area contributed by atoms with Gasteiger partial charge in [-0.05, 0) is 48.4 Å². The monoisotopic (exact) mass is 519 g/mol. The number of aromatic nitrogens is 2. The third kappa shape index (κ3) is 5.34. The van der Waals surface area contributed by atoms with Crippen molar-refractivity contribution in [2.45, 2.75) is 37.8 Å². The predicted molar refractivity (Wildman–Crippen MR) is 145 cm³/mol. The van der Waals surface area contributed by atoms with E-state index in [0.29, 0.717) is 30.2 Å². The van der Waals surface area contributed by atoms with Crippen molar-refractivity contribution in [2.75, 3.05) is 42.3 Å². The lowest BCUT2D eigenvalue weighted by Crippen LogP contribution is -2.61. The lowest BCUT2D eigenvalue weighted by molar-refractivity contribution is 0.0853. The molecule has 38 heavy (non-hydrogen) atoms. The third-order valence-corrected chi connectivity index (χ3v) is 7.47. The van der Waals surface area contributed by atoms with E-state index in [1.165, 1.54) is 5.56 Å². The number of rotatable bonds is 5. The van der Waals surface area contributed by atoms with Gasteiger partial charge in [-0.1, -0.05) is 19.1 Å². The molecule has 2 aliphatic rings. The number of amides is 2. The normalized spacial score (nSPS) is 22.3. The number of anilines is 3. The Kier molecular flexibility index (Phi) is 7.30. The highest BCUT2D eigenvalue weighted by atomic mass is 16.5. The van der Waals surface area contributed by atoms with Crippen LogP contribution < -0.4 is 27.0 Å². The van der Waals surface area contributed by atoms with E-state index in [1.807, 2.05) is 24.0 Å². The molecule has 200 valence electrons. The molecule has 2 fully saturated rings. The van der Waals surface area contributed by atoms with E-state index >= 15 is 0 Å². The van der Waals surface area contributed by atoms with Gasteiger partial charge in [0.15, 0.2) is 5.69 Å². The highest BCUT2D eigenvalue weighted by Crippen LogP contribution is 2.32. The number of ether oxygens (including phenoxy) is 1. The molecule has 11 nitrogen and oxygen atoms in total. The Morgan fingerprint density at radius 2 is 1.95 bits per heavy atom. The minimum Gasteiger partial charge on any atom is -0.465 e. The van der Waals surface area contributed by atoms with E-state index in [1.54, 1.807) is 24.5 Å². The number of carbonyl (C=O) groups excluding carboxylic acids is 1. The molecule has 0 aliphatic carbocycles. The van der Waals surface area contributed by atoms with Gasteiger partial charge in [0.25, 0.3) is 5.91 Å². The van der Waals surface area contributed by atoms with Crippen molar-refractivity contribution in [1.82, 2.24) is 15.3 Å². The molecular formula is C27H33N7O4. The van der Waals surface area contributed by atoms with Crippen LogP contribution in [0.5, 0.6) is 0 Å². The quantitative estimate of drug-likeness (QED) is 0.340. The second-order valence-corrected chi connectivity index (χ2v) is 10.1. The molecule has 3 atom stereocenters. The Morgan fingerprint density at radius 1 is 1.16 bits per heavy atom. The largest absolute Gasteiger partial charge is 0.465 e.